The van der Waals surface area contributed by atoms with Crippen LogP contribution in [0.5, 0.6) is 0 Å². The number of likely N-dealkylation sites (tertiary alicyclic amines) is 1. The Balaban J connectivity index is 1.63. The van der Waals surface area contributed by atoms with Crippen molar-refractivity contribution in [3.63, 3.8) is 0 Å². The molecular weight excluding hydrogens is 394 g/mol. The summed E-state index contributed by atoms with van der Waals surface area (Å²) in [5, 5.41) is 0. The van der Waals surface area contributed by atoms with E-state index < -0.39 is 5.79 Å². The van der Waals surface area contributed by atoms with Crippen molar-refractivity contribution in [2.24, 2.45) is 28.6 Å². The van der Waals surface area contributed by atoms with Gasteiger partial charge in [-0.25, -0.2) is 0 Å². The van der Waals surface area contributed by atoms with E-state index in [4.69, 9.17) is 14.2 Å². The van der Waals surface area contributed by atoms with Gasteiger partial charge in [0.1, 0.15) is 0 Å². The highest BCUT2D eigenvalue weighted by Crippen LogP contribution is 2.71. The highest BCUT2D eigenvalue weighted by atomic mass is 16.7. The second-order valence-electron chi connectivity index (χ2n) is 10.6. The third-order valence-electron chi connectivity index (χ3n) is 9.55. The first kappa shape index (κ1) is 21.6. The van der Waals surface area contributed by atoms with Crippen molar-refractivity contribution in [1.29, 1.82) is 0 Å². The number of ketones is 1. The van der Waals surface area contributed by atoms with Crippen molar-refractivity contribution < 1.29 is 23.8 Å². The third-order valence-corrected chi connectivity index (χ3v) is 9.55. The van der Waals surface area contributed by atoms with Gasteiger partial charge in [-0.05, 0) is 57.6 Å². The zero-order valence-electron chi connectivity index (χ0n) is 19.5. The molecule has 3 fully saturated rings. The topological polar surface area (TPSA) is 65.1 Å². The minimum Gasteiger partial charge on any atom is -0.469 e. The second-order valence-corrected chi connectivity index (χ2v) is 10.6. The summed E-state index contributed by atoms with van der Waals surface area (Å²) in [6.45, 7) is 7.41. The minimum absolute atomic E-state index is 0.0156. The summed E-state index contributed by atoms with van der Waals surface area (Å²) >= 11 is 0. The number of nitrogens with zero attached hydrogens (tertiary/aromatic N) is 1. The van der Waals surface area contributed by atoms with Crippen LogP contribution in [-0.2, 0) is 23.8 Å². The maximum Gasteiger partial charge on any atom is 0.309 e. The van der Waals surface area contributed by atoms with Gasteiger partial charge in [0.05, 0.1) is 19.6 Å². The maximum absolute atomic E-state index is 13.1. The van der Waals surface area contributed by atoms with E-state index in [2.05, 4.69) is 18.9 Å². The highest BCUT2D eigenvalue weighted by molar-refractivity contribution is 6.01. The van der Waals surface area contributed by atoms with E-state index in [1.54, 1.807) is 0 Å². The minimum atomic E-state index is -0.494. The fourth-order valence-electron chi connectivity index (χ4n) is 8.29. The number of carbonyl (C=O) groups excluding carboxylic acids is 2. The van der Waals surface area contributed by atoms with Gasteiger partial charge in [0.2, 0.25) is 0 Å². The normalized spacial score (nSPS) is 44.5. The van der Waals surface area contributed by atoms with Gasteiger partial charge in [-0.2, -0.15) is 0 Å². The Morgan fingerprint density at radius 2 is 2.10 bits per heavy atom. The Morgan fingerprint density at radius 3 is 2.74 bits per heavy atom. The predicted octanol–water partition coefficient (Wildman–Crippen LogP) is 3.35. The van der Waals surface area contributed by atoms with Crippen molar-refractivity contribution in [2.45, 2.75) is 64.6 Å². The number of carbonyl (C=O) groups is 2. The third kappa shape index (κ3) is 2.80. The van der Waals surface area contributed by atoms with Crippen LogP contribution in [0.1, 0.15) is 58.8 Å². The van der Waals surface area contributed by atoms with E-state index in [0.717, 1.165) is 57.2 Å². The summed E-state index contributed by atoms with van der Waals surface area (Å²) in [4.78, 5) is 28.4. The van der Waals surface area contributed by atoms with Crippen LogP contribution in [0.15, 0.2) is 11.1 Å². The molecule has 2 bridgehead atoms. The first-order chi connectivity index (χ1) is 14.9. The van der Waals surface area contributed by atoms with E-state index >= 15 is 0 Å². The molecule has 172 valence electrons. The molecule has 31 heavy (non-hydrogen) atoms. The predicted molar refractivity (Wildman–Crippen MR) is 115 cm³/mol. The molecule has 0 aromatic carbocycles. The zero-order chi connectivity index (χ0) is 22.0. The Kier molecular flexibility index (Phi) is 5.15. The fraction of sp³-hybridized carbons (Fsp3) is 0.840. The zero-order valence-corrected chi connectivity index (χ0v) is 19.5. The first-order valence-electron chi connectivity index (χ1n) is 12.2. The molecule has 2 heterocycles. The van der Waals surface area contributed by atoms with Gasteiger partial charge in [-0.15, -0.1) is 0 Å². The lowest BCUT2D eigenvalue weighted by atomic mass is 9.50. The van der Waals surface area contributed by atoms with E-state index in [1.165, 1.54) is 12.7 Å². The second kappa shape index (κ2) is 7.39. The van der Waals surface area contributed by atoms with Crippen LogP contribution in [0.25, 0.3) is 0 Å². The summed E-state index contributed by atoms with van der Waals surface area (Å²) in [5.41, 5.74) is 2.13. The van der Waals surface area contributed by atoms with E-state index in [1.807, 2.05) is 6.92 Å². The summed E-state index contributed by atoms with van der Waals surface area (Å²) in [6, 6.07) is 0. The molecule has 2 aliphatic heterocycles. The van der Waals surface area contributed by atoms with Crippen LogP contribution in [0.4, 0.5) is 0 Å². The lowest BCUT2D eigenvalue weighted by molar-refractivity contribution is -0.302. The van der Waals surface area contributed by atoms with Gasteiger partial charge in [0, 0.05) is 49.3 Å². The molecule has 6 nitrogen and oxygen atoms in total. The molecule has 5 rings (SSSR count). The van der Waals surface area contributed by atoms with Gasteiger partial charge in [0.25, 0.3) is 0 Å². The smallest absolute Gasteiger partial charge is 0.309 e. The number of ether oxygens (including phenoxy) is 3. The lowest BCUT2D eigenvalue weighted by Crippen LogP contribution is -2.64. The molecule has 0 N–H and O–H groups in total. The molecule has 3 aliphatic carbocycles. The average molecular weight is 432 g/mol. The van der Waals surface area contributed by atoms with Gasteiger partial charge < -0.3 is 19.1 Å². The quantitative estimate of drug-likeness (QED) is 0.636. The number of piperidine rings is 1. The number of allylic oxidation sites excluding steroid dienone is 1. The van der Waals surface area contributed by atoms with Crippen LogP contribution in [0, 0.1) is 28.6 Å². The summed E-state index contributed by atoms with van der Waals surface area (Å²) < 4.78 is 18.0. The van der Waals surface area contributed by atoms with Gasteiger partial charge >= 0.3 is 5.97 Å². The molecule has 0 amide bonds. The number of hydrogen-bond acceptors (Lipinski definition) is 6. The molecule has 1 saturated carbocycles. The van der Waals surface area contributed by atoms with Gasteiger partial charge in [-0.1, -0.05) is 12.5 Å². The number of Topliss-reactive ketones (excluding diaryl/α,β-unsaturated/α-hetero) is 1. The molecule has 0 aromatic heterocycles. The van der Waals surface area contributed by atoms with Crippen molar-refractivity contribution in [3.05, 3.63) is 11.1 Å². The molecule has 0 aromatic rings. The van der Waals surface area contributed by atoms with Crippen LogP contribution >= 0.6 is 0 Å². The van der Waals surface area contributed by atoms with Crippen molar-refractivity contribution in [1.82, 2.24) is 4.90 Å². The van der Waals surface area contributed by atoms with Crippen molar-refractivity contribution in [2.75, 3.05) is 40.5 Å². The molecular formula is C25H37NO5. The Bertz CT molecular complexity index is 811. The van der Waals surface area contributed by atoms with Gasteiger partial charge in [-0.3, -0.25) is 9.59 Å². The summed E-state index contributed by atoms with van der Waals surface area (Å²) in [6.07, 6.45) is 5.90. The molecule has 5 aliphatic rings. The van der Waals surface area contributed by atoms with Crippen molar-refractivity contribution >= 4 is 11.8 Å². The van der Waals surface area contributed by atoms with Crippen molar-refractivity contribution in [3.8, 4) is 0 Å². The Morgan fingerprint density at radius 1 is 1.29 bits per heavy atom. The molecule has 6 atom stereocenters. The number of rotatable bonds is 4. The largest absolute Gasteiger partial charge is 0.469 e. The first-order valence-corrected chi connectivity index (χ1v) is 12.2. The van der Waals surface area contributed by atoms with E-state index in [9.17, 15) is 9.59 Å². The molecule has 1 unspecified atom stereocenters. The molecule has 2 saturated heterocycles. The molecule has 6 heteroatoms. The maximum atomic E-state index is 13.1. The summed E-state index contributed by atoms with van der Waals surface area (Å²) in [5.74, 6) is -0.116. The van der Waals surface area contributed by atoms with Crippen LogP contribution in [-0.4, -0.2) is 62.9 Å². The van der Waals surface area contributed by atoms with E-state index in [-0.39, 0.29) is 34.4 Å². The molecule has 2 spiro atoms. The Hall–Kier alpha value is -1.24. The van der Waals surface area contributed by atoms with Gasteiger partial charge in [0.15, 0.2) is 11.6 Å². The number of esters is 1. The number of methoxy groups -OCH3 is 1. The highest BCUT2D eigenvalue weighted by Gasteiger charge is 2.70. The average Bonchev–Trinajstić information content (AvgIpc) is 3.23. The van der Waals surface area contributed by atoms with Crippen LogP contribution in [0.2, 0.25) is 0 Å². The lowest BCUT2D eigenvalue weighted by Gasteiger charge is -2.62. The summed E-state index contributed by atoms with van der Waals surface area (Å²) in [7, 11) is 3.68. The Labute approximate surface area is 185 Å². The standard InChI is InChI=1S/C25H37NO5/c1-5-25(30-6-2)10-9-23(15-31-25)16-7-8-17-20(27)11-18-19(22(28)29-4)12-24(23,21(17)18)14-26(3)13-16/h16,18-19H,5-15H2,1-4H3/t16-,18+,19-,23?,24-,25-/m1/s1. The van der Waals surface area contributed by atoms with Crippen LogP contribution in [0.3, 0.4) is 0 Å². The van der Waals surface area contributed by atoms with E-state index in [0.29, 0.717) is 25.6 Å². The number of hydrogen-bond donors (Lipinski definition) is 0. The monoisotopic (exact) mass is 431 g/mol. The molecule has 0 radical (unpaired) electrons. The fourth-order valence-corrected chi connectivity index (χ4v) is 8.29. The SMILES string of the molecule is CCO[C@@]1(CC)CCC2(CO1)[C@@H]1CCC3=C4[C@@H](CC3=O)[C@H](C(=O)OC)C[C@@]42CN(C)C1. The van der Waals surface area contributed by atoms with Crippen LogP contribution < -0.4 is 0 Å².